The number of Topliss-reactive ketones (excluding diaryl/α,β-unsaturated/α-hetero) is 2. The Balaban J connectivity index is 2.01. The number of benzene rings is 1. The predicted molar refractivity (Wildman–Crippen MR) is 107 cm³/mol. The number of aromatic hydroxyl groups is 1. The van der Waals surface area contributed by atoms with Crippen LogP contribution >= 0.6 is 0 Å². The molecule has 1 aromatic carbocycles. The molecule has 11 nitrogen and oxygen atoms in total. The normalized spacial score (nSPS) is 30.5. The Hall–Kier alpha value is -3.70. The lowest BCUT2D eigenvalue weighted by atomic mass is 9.73. The molecule has 0 aromatic heterocycles. The van der Waals surface area contributed by atoms with Crippen LogP contribution in [-0.2, 0) is 19.1 Å². The fraction of sp³-hybridized carbons (Fsp3) is 0.364. The van der Waals surface area contributed by atoms with Crippen molar-refractivity contribution in [3.63, 3.8) is 0 Å². The van der Waals surface area contributed by atoms with E-state index in [4.69, 9.17) is 9.47 Å². The van der Waals surface area contributed by atoms with E-state index in [0.717, 1.165) is 20.8 Å². The number of esters is 2. The number of aliphatic hydroxyl groups is 2. The van der Waals surface area contributed by atoms with Crippen molar-refractivity contribution in [2.24, 2.45) is 0 Å². The quantitative estimate of drug-likeness (QED) is 0.322. The Bertz CT molecular complexity index is 1210. The number of ketones is 2. The summed E-state index contributed by atoms with van der Waals surface area (Å²) in [5.74, 6) is -3.73. The van der Waals surface area contributed by atoms with Crippen LogP contribution in [0.3, 0.4) is 0 Å². The van der Waals surface area contributed by atoms with Crippen molar-refractivity contribution in [2.45, 2.75) is 50.7 Å². The van der Waals surface area contributed by atoms with Crippen molar-refractivity contribution < 1.29 is 49.1 Å². The van der Waals surface area contributed by atoms with Gasteiger partial charge in [0, 0.05) is 30.6 Å². The number of phenols is 1. The zero-order chi connectivity index (χ0) is 24.4. The van der Waals surface area contributed by atoms with Gasteiger partial charge in [-0.1, -0.05) is 12.1 Å². The van der Waals surface area contributed by atoms with Crippen molar-refractivity contribution in [3.05, 3.63) is 57.1 Å². The number of ether oxygens (including phenoxy) is 2. The third-order valence-corrected chi connectivity index (χ3v) is 6.11. The molecule has 33 heavy (non-hydrogen) atoms. The molecule has 0 spiro atoms. The van der Waals surface area contributed by atoms with Crippen molar-refractivity contribution >= 4 is 23.5 Å². The second-order valence-corrected chi connectivity index (χ2v) is 8.27. The number of carbonyl (C=O) groups is 4. The summed E-state index contributed by atoms with van der Waals surface area (Å²) in [6, 6.07) is 2.43. The lowest BCUT2D eigenvalue weighted by Gasteiger charge is -2.45. The Morgan fingerprint density at radius 3 is 2.30 bits per heavy atom. The number of aliphatic hydroxyl groups excluding tert-OH is 1. The Labute approximate surface area is 186 Å². The van der Waals surface area contributed by atoms with Crippen molar-refractivity contribution in [2.75, 3.05) is 0 Å². The van der Waals surface area contributed by atoms with Gasteiger partial charge in [0.05, 0.1) is 16.7 Å². The van der Waals surface area contributed by atoms with Gasteiger partial charge in [-0.3, -0.25) is 19.2 Å². The summed E-state index contributed by atoms with van der Waals surface area (Å²) in [5.41, 5.74) is 6.35. The maximum Gasteiger partial charge on any atom is 0.303 e. The van der Waals surface area contributed by atoms with Crippen LogP contribution in [0, 0.1) is 0 Å². The standard InChI is InChI=1S/C22H20N2O9/c1-7(25)32-20-15-13(19(30)21(22(20,3)31)33-8(2)26)12-14(16(15)24-23)18(29)11-9(17(12)28)5-4-6-10(11)27/h4-6,16,19-21,24,27,30-31H,1-3H3/t16?,19-,20+,21+,22+/m0/s1. The molecule has 0 fully saturated rings. The van der Waals surface area contributed by atoms with Crippen LogP contribution < -0.4 is 5.11 Å². The molecule has 0 amide bonds. The van der Waals surface area contributed by atoms with Gasteiger partial charge in [0.2, 0.25) is 5.78 Å². The molecule has 11 heteroatoms. The van der Waals surface area contributed by atoms with Crippen LogP contribution in [-0.4, -0.2) is 68.8 Å². The molecule has 0 aliphatic heterocycles. The Morgan fingerprint density at radius 2 is 1.73 bits per heavy atom. The number of hydrogen-bond donors (Lipinski definition) is 4. The topological polar surface area (TPSA) is 184 Å². The van der Waals surface area contributed by atoms with E-state index in [-0.39, 0.29) is 33.4 Å². The summed E-state index contributed by atoms with van der Waals surface area (Å²) in [6.45, 7) is 3.24. The summed E-state index contributed by atoms with van der Waals surface area (Å²) >= 11 is 0. The Morgan fingerprint density at radius 1 is 1.09 bits per heavy atom. The SMILES string of the molecule is CC(=O)O[C@@H]1C2=C(C3=C(C(=O)c4c(O)cccc4C3=O)C2[NH+]=[N-])[C@H](O)[C@@H](OC(C)=O)[C@]1(C)O. The molecular formula is C22H20N2O9. The van der Waals surface area contributed by atoms with Gasteiger partial charge in [0.1, 0.15) is 17.5 Å². The zero-order valence-corrected chi connectivity index (χ0v) is 17.8. The molecule has 172 valence electrons. The number of fused-ring (bicyclic) bond motifs is 2. The monoisotopic (exact) mass is 456 g/mol. The third kappa shape index (κ3) is 3.04. The average molecular weight is 456 g/mol. The van der Waals surface area contributed by atoms with Crippen LogP contribution in [0.25, 0.3) is 5.53 Å². The highest BCUT2D eigenvalue weighted by molar-refractivity contribution is 6.31. The van der Waals surface area contributed by atoms with E-state index in [2.05, 4.69) is 0 Å². The third-order valence-electron chi connectivity index (χ3n) is 6.11. The van der Waals surface area contributed by atoms with Crippen molar-refractivity contribution in [1.82, 2.24) is 0 Å². The van der Waals surface area contributed by atoms with Crippen molar-refractivity contribution in [1.29, 1.82) is 0 Å². The Kier molecular flexibility index (Phi) is 5.06. The van der Waals surface area contributed by atoms with E-state index in [1.54, 1.807) is 0 Å². The van der Waals surface area contributed by atoms with E-state index < -0.39 is 59.2 Å². The van der Waals surface area contributed by atoms with Gasteiger partial charge in [0.15, 0.2) is 24.0 Å². The minimum atomic E-state index is -2.21. The van der Waals surface area contributed by atoms with Gasteiger partial charge in [-0.15, -0.1) is 0 Å². The molecule has 0 bridgehead atoms. The smallest absolute Gasteiger partial charge is 0.303 e. The number of nitrogens with zero attached hydrogens (tertiary/aromatic N) is 1. The second-order valence-electron chi connectivity index (χ2n) is 8.27. The maximum atomic E-state index is 13.4. The van der Waals surface area contributed by atoms with Gasteiger partial charge in [-0.05, 0) is 13.0 Å². The molecule has 1 aromatic rings. The van der Waals surface area contributed by atoms with E-state index in [0.29, 0.717) is 0 Å². The van der Waals surface area contributed by atoms with E-state index in [1.807, 2.05) is 5.11 Å². The van der Waals surface area contributed by atoms with Gasteiger partial charge in [0.25, 0.3) is 0 Å². The highest BCUT2D eigenvalue weighted by atomic mass is 16.6. The van der Waals surface area contributed by atoms with E-state index in [1.165, 1.54) is 18.2 Å². The maximum absolute atomic E-state index is 13.4. The zero-order valence-electron chi connectivity index (χ0n) is 17.8. The first-order valence-electron chi connectivity index (χ1n) is 9.97. The molecule has 3 aliphatic rings. The van der Waals surface area contributed by atoms with Crippen LogP contribution in [0.15, 0.2) is 40.5 Å². The number of hydrogen-bond acceptors (Lipinski definition) is 9. The number of carbonyl (C=O) groups excluding carboxylic acids is 4. The molecule has 4 N–H and O–H groups in total. The molecule has 1 unspecified atom stereocenters. The highest BCUT2D eigenvalue weighted by Crippen LogP contribution is 2.50. The lowest BCUT2D eigenvalue weighted by Crippen LogP contribution is -2.76. The van der Waals surface area contributed by atoms with Crippen LogP contribution in [0.1, 0.15) is 41.5 Å². The molecule has 0 radical (unpaired) electrons. The first-order chi connectivity index (χ1) is 15.4. The minimum Gasteiger partial charge on any atom is -0.508 e. The number of phenolic OH excluding ortho intramolecular Hbond substituents is 1. The largest absolute Gasteiger partial charge is 0.508 e. The first kappa shape index (κ1) is 22.5. The average Bonchev–Trinajstić information content (AvgIpc) is 3.07. The minimum absolute atomic E-state index is 0.137. The summed E-state index contributed by atoms with van der Waals surface area (Å²) in [5, 5.41) is 34.5. The van der Waals surface area contributed by atoms with Crippen LogP contribution in [0.5, 0.6) is 5.75 Å². The predicted octanol–water partition coefficient (Wildman–Crippen LogP) is -1.16. The molecule has 3 aliphatic carbocycles. The van der Waals surface area contributed by atoms with Crippen molar-refractivity contribution in [3.8, 4) is 5.75 Å². The van der Waals surface area contributed by atoms with Crippen LogP contribution in [0.2, 0.25) is 0 Å². The van der Waals surface area contributed by atoms with E-state index in [9.17, 15) is 40.0 Å². The number of nitrogens with one attached hydrogen (secondary N) is 1. The lowest BCUT2D eigenvalue weighted by molar-refractivity contribution is -0.504. The highest BCUT2D eigenvalue weighted by Gasteiger charge is 2.62. The van der Waals surface area contributed by atoms with Gasteiger partial charge in [-0.2, -0.15) is 0 Å². The summed E-state index contributed by atoms with van der Waals surface area (Å²) in [4.78, 5) is 50.3. The summed E-state index contributed by atoms with van der Waals surface area (Å²) in [6.07, 6.45) is -5.12. The molecule has 0 saturated carbocycles. The molecule has 0 saturated heterocycles. The molecular weight excluding hydrogens is 436 g/mol. The van der Waals surface area contributed by atoms with Gasteiger partial charge < -0.3 is 35.4 Å². The molecule has 5 atom stereocenters. The van der Waals surface area contributed by atoms with Crippen LogP contribution in [0.4, 0.5) is 0 Å². The fourth-order valence-electron chi connectivity index (χ4n) is 4.86. The fourth-order valence-corrected chi connectivity index (χ4v) is 4.86. The van der Waals surface area contributed by atoms with E-state index >= 15 is 0 Å². The van der Waals surface area contributed by atoms with Gasteiger partial charge in [-0.25, -0.2) is 0 Å². The summed E-state index contributed by atoms with van der Waals surface area (Å²) in [7, 11) is 0. The number of rotatable bonds is 3. The molecule has 0 heterocycles. The first-order valence-corrected chi connectivity index (χ1v) is 9.97. The van der Waals surface area contributed by atoms with Gasteiger partial charge >= 0.3 is 11.9 Å². The second kappa shape index (κ2) is 7.42. The summed E-state index contributed by atoms with van der Waals surface area (Å²) < 4.78 is 10.4. The molecule has 4 rings (SSSR count).